The quantitative estimate of drug-likeness (QED) is 0.759. The third kappa shape index (κ3) is 4.01. The van der Waals surface area contributed by atoms with Gasteiger partial charge in [-0.1, -0.05) is 11.6 Å². The number of nitrogens with one attached hydrogen (secondary N) is 1. The van der Waals surface area contributed by atoms with Crippen molar-refractivity contribution in [1.29, 1.82) is 0 Å². The maximum atomic E-state index is 13.2. The van der Waals surface area contributed by atoms with Crippen molar-refractivity contribution >= 4 is 29.2 Å². The molecule has 7 heteroatoms. The van der Waals surface area contributed by atoms with Crippen LogP contribution in [0.15, 0.2) is 18.2 Å². The van der Waals surface area contributed by atoms with Gasteiger partial charge in [0.05, 0.1) is 12.1 Å². The molecule has 0 aliphatic heterocycles. The van der Waals surface area contributed by atoms with E-state index < -0.39 is 30.2 Å². The fraction of sp³-hybridized carbons (Fsp3) is 0.200. The first-order valence-corrected chi connectivity index (χ1v) is 5.01. The first kappa shape index (κ1) is 13.4. The number of carboxylic acids is 1. The number of anilines is 1. The van der Waals surface area contributed by atoms with E-state index in [9.17, 15) is 14.0 Å². The van der Waals surface area contributed by atoms with Gasteiger partial charge in [-0.25, -0.2) is 4.39 Å². The summed E-state index contributed by atoms with van der Waals surface area (Å²) in [6, 6.07) is 2.32. The molecule has 17 heavy (non-hydrogen) atoms. The number of hydrogen-bond acceptors (Lipinski definition) is 3. The molecule has 0 heterocycles. The van der Waals surface area contributed by atoms with Gasteiger partial charge in [-0.15, -0.1) is 0 Å². The maximum Gasteiger partial charge on any atom is 0.321 e. The fourth-order valence-corrected chi connectivity index (χ4v) is 1.25. The van der Waals surface area contributed by atoms with Gasteiger partial charge in [0.1, 0.15) is 11.9 Å². The molecule has 0 radical (unpaired) electrons. The largest absolute Gasteiger partial charge is 0.480 e. The number of hydrogen-bond donors (Lipinski definition) is 3. The lowest BCUT2D eigenvalue weighted by Crippen LogP contribution is -2.34. The SMILES string of the molecule is NC(CC(=O)Nc1cc(Cl)ccc1F)C(=O)O. The summed E-state index contributed by atoms with van der Waals surface area (Å²) in [5.41, 5.74) is 5.05. The second kappa shape index (κ2) is 5.60. The fourth-order valence-electron chi connectivity index (χ4n) is 1.08. The lowest BCUT2D eigenvalue weighted by atomic mass is 10.2. The first-order valence-electron chi connectivity index (χ1n) is 4.63. The van der Waals surface area contributed by atoms with E-state index in [0.717, 1.165) is 6.07 Å². The molecule has 1 amide bonds. The van der Waals surface area contributed by atoms with Crippen LogP contribution in [0.3, 0.4) is 0 Å². The average Bonchev–Trinajstić information content (AvgIpc) is 2.23. The monoisotopic (exact) mass is 260 g/mol. The van der Waals surface area contributed by atoms with E-state index in [1.807, 2.05) is 0 Å². The van der Waals surface area contributed by atoms with Crippen molar-refractivity contribution in [2.45, 2.75) is 12.5 Å². The number of carboxylic acid groups (broad SMARTS) is 1. The highest BCUT2D eigenvalue weighted by molar-refractivity contribution is 6.30. The second-order valence-corrected chi connectivity index (χ2v) is 3.76. The molecule has 0 fully saturated rings. The Morgan fingerprint density at radius 3 is 2.76 bits per heavy atom. The third-order valence-electron chi connectivity index (χ3n) is 1.93. The number of benzene rings is 1. The summed E-state index contributed by atoms with van der Waals surface area (Å²) in [7, 11) is 0. The molecule has 1 aromatic carbocycles. The number of carbonyl (C=O) groups is 2. The van der Waals surface area contributed by atoms with E-state index in [1.165, 1.54) is 12.1 Å². The topological polar surface area (TPSA) is 92.4 Å². The number of carbonyl (C=O) groups excluding carboxylic acids is 1. The number of nitrogens with two attached hydrogens (primary N) is 1. The molecular weight excluding hydrogens is 251 g/mol. The van der Waals surface area contributed by atoms with Crippen LogP contribution in [0, 0.1) is 5.82 Å². The molecule has 0 aliphatic carbocycles. The normalized spacial score (nSPS) is 11.9. The molecule has 1 aromatic rings. The van der Waals surface area contributed by atoms with Gasteiger partial charge in [-0.2, -0.15) is 0 Å². The van der Waals surface area contributed by atoms with Crippen LogP contribution in [0.25, 0.3) is 0 Å². The van der Waals surface area contributed by atoms with E-state index in [0.29, 0.717) is 0 Å². The van der Waals surface area contributed by atoms with E-state index in [-0.39, 0.29) is 10.7 Å². The average molecular weight is 261 g/mol. The zero-order valence-electron chi connectivity index (χ0n) is 8.61. The number of rotatable bonds is 4. The van der Waals surface area contributed by atoms with Crippen molar-refractivity contribution < 1.29 is 19.1 Å². The summed E-state index contributed by atoms with van der Waals surface area (Å²) < 4.78 is 13.2. The molecule has 0 saturated heterocycles. The molecule has 0 saturated carbocycles. The molecule has 1 atom stereocenters. The molecule has 4 N–H and O–H groups in total. The van der Waals surface area contributed by atoms with Crippen molar-refractivity contribution in [3.05, 3.63) is 29.0 Å². The summed E-state index contributed by atoms with van der Waals surface area (Å²) in [6.07, 6.45) is -0.443. The maximum absolute atomic E-state index is 13.2. The summed E-state index contributed by atoms with van der Waals surface area (Å²) in [6.45, 7) is 0. The van der Waals surface area contributed by atoms with Crippen LogP contribution in [0.4, 0.5) is 10.1 Å². The van der Waals surface area contributed by atoms with Crippen molar-refractivity contribution in [3.63, 3.8) is 0 Å². The van der Waals surface area contributed by atoms with Crippen molar-refractivity contribution in [2.75, 3.05) is 5.32 Å². The Labute approximate surface area is 101 Å². The highest BCUT2D eigenvalue weighted by Gasteiger charge is 2.17. The predicted octanol–water partition coefficient (Wildman–Crippen LogP) is 1.22. The third-order valence-corrected chi connectivity index (χ3v) is 2.16. The standard InChI is InChI=1S/C10H10ClFN2O3/c11-5-1-2-6(12)8(3-5)14-9(15)4-7(13)10(16)17/h1-3,7H,4,13H2,(H,14,15)(H,16,17). The smallest absolute Gasteiger partial charge is 0.321 e. The Kier molecular flexibility index (Phi) is 4.42. The Morgan fingerprint density at radius 2 is 2.18 bits per heavy atom. The predicted molar refractivity (Wildman–Crippen MR) is 60.3 cm³/mol. The Morgan fingerprint density at radius 1 is 1.53 bits per heavy atom. The van der Waals surface area contributed by atoms with Crippen LogP contribution < -0.4 is 11.1 Å². The summed E-state index contributed by atoms with van der Waals surface area (Å²) in [4.78, 5) is 21.7. The van der Waals surface area contributed by atoms with Gasteiger partial charge in [0.2, 0.25) is 5.91 Å². The molecule has 1 rings (SSSR count). The van der Waals surface area contributed by atoms with Gasteiger partial charge < -0.3 is 16.2 Å². The van der Waals surface area contributed by atoms with Crippen molar-refractivity contribution in [3.8, 4) is 0 Å². The first-order chi connectivity index (χ1) is 7.90. The number of halogens is 2. The molecule has 1 unspecified atom stereocenters. The molecule has 0 spiro atoms. The Hall–Kier alpha value is -1.66. The molecule has 0 bridgehead atoms. The van der Waals surface area contributed by atoms with Crippen molar-refractivity contribution in [1.82, 2.24) is 0 Å². The highest BCUT2D eigenvalue weighted by atomic mass is 35.5. The highest BCUT2D eigenvalue weighted by Crippen LogP contribution is 2.19. The summed E-state index contributed by atoms with van der Waals surface area (Å²) in [5.74, 6) is -2.65. The van der Waals surface area contributed by atoms with Gasteiger partial charge in [-0.05, 0) is 18.2 Å². The van der Waals surface area contributed by atoms with Gasteiger partial charge in [0.25, 0.3) is 0 Å². The number of amides is 1. The Balaban J connectivity index is 2.68. The Bertz CT molecular complexity index is 453. The van der Waals surface area contributed by atoms with E-state index in [4.69, 9.17) is 22.4 Å². The van der Waals surface area contributed by atoms with Crippen LogP contribution >= 0.6 is 11.6 Å². The van der Waals surface area contributed by atoms with Crippen LogP contribution in [-0.2, 0) is 9.59 Å². The zero-order chi connectivity index (χ0) is 13.0. The molecular formula is C10H10ClFN2O3. The summed E-state index contributed by atoms with van der Waals surface area (Å²) >= 11 is 5.62. The van der Waals surface area contributed by atoms with Gasteiger partial charge >= 0.3 is 5.97 Å². The van der Waals surface area contributed by atoms with Gasteiger partial charge in [0.15, 0.2) is 0 Å². The van der Waals surface area contributed by atoms with Gasteiger partial charge in [0, 0.05) is 5.02 Å². The second-order valence-electron chi connectivity index (χ2n) is 3.32. The lowest BCUT2D eigenvalue weighted by Gasteiger charge is -2.08. The minimum Gasteiger partial charge on any atom is -0.480 e. The molecule has 5 nitrogen and oxygen atoms in total. The molecule has 0 aliphatic rings. The zero-order valence-corrected chi connectivity index (χ0v) is 9.37. The molecule has 0 aromatic heterocycles. The van der Waals surface area contributed by atoms with Crippen LogP contribution in [0.2, 0.25) is 5.02 Å². The van der Waals surface area contributed by atoms with Crippen LogP contribution in [0.1, 0.15) is 6.42 Å². The summed E-state index contributed by atoms with van der Waals surface area (Å²) in [5, 5.41) is 10.9. The van der Waals surface area contributed by atoms with Crippen molar-refractivity contribution in [2.24, 2.45) is 5.73 Å². The van der Waals surface area contributed by atoms with E-state index >= 15 is 0 Å². The van der Waals surface area contributed by atoms with Gasteiger partial charge in [-0.3, -0.25) is 9.59 Å². The number of aliphatic carboxylic acids is 1. The van der Waals surface area contributed by atoms with Crippen LogP contribution in [0.5, 0.6) is 0 Å². The molecule has 92 valence electrons. The lowest BCUT2D eigenvalue weighted by molar-refractivity contribution is -0.140. The van der Waals surface area contributed by atoms with E-state index in [1.54, 1.807) is 0 Å². The van der Waals surface area contributed by atoms with Crippen LogP contribution in [-0.4, -0.2) is 23.0 Å². The minimum atomic E-state index is -1.32. The minimum absolute atomic E-state index is 0.111. The van der Waals surface area contributed by atoms with E-state index in [2.05, 4.69) is 5.32 Å².